The molecule has 0 unspecified atom stereocenters. The van der Waals surface area contributed by atoms with Crippen LogP contribution in [0.3, 0.4) is 0 Å². The fourth-order valence-electron chi connectivity index (χ4n) is 8.55. The summed E-state index contributed by atoms with van der Waals surface area (Å²) in [7, 11) is 0. The Hall–Kier alpha value is -9.00. The van der Waals surface area contributed by atoms with E-state index in [-0.39, 0.29) is 101 Å². The van der Waals surface area contributed by atoms with Gasteiger partial charge in [0.1, 0.15) is 46.8 Å². The maximum Gasteiger partial charge on any atom is 0.416 e. The van der Waals surface area contributed by atoms with Crippen LogP contribution in [0.15, 0.2) is 132 Å². The Labute approximate surface area is 387 Å². The third-order valence-corrected chi connectivity index (χ3v) is 11.7. The molecule has 70 heavy (non-hydrogen) atoms. The standard InChI is InChI=1S/C52H20F12N6/c53-49(54,55)31-9-4-25(5-10-31)38-19-41-42(20-39(38)26-6-11-32(12-7-26)50(56,57)58)46-48(44(41)30(23-67)24-68)69-45-36-14-8-28(17-40(36)43(47(45)70-46)29(21-65)22-66)35-15-13-34(52(62,63)64)18-37(35)27-2-1-3-33(16-27)51(59,60)61/h1-20H. The molecule has 18 heteroatoms. The van der Waals surface area contributed by atoms with Crippen LogP contribution in [0, 0.1) is 45.3 Å². The minimum Gasteiger partial charge on any atom is -0.243 e. The lowest BCUT2D eigenvalue weighted by Crippen LogP contribution is -2.06. The van der Waals surface area contributed by atoms with Crippen molar-refractivity contribution in [1.82, 2.24) is 9.97 Å². The number of nitriles is 4. The van der Waals surface area contributed by atoms with E-state index in [1.807, 2.05) is 12.1 Å². The first-order chi connectivity index (χ1) is 33.0. The van der Waals surface area contributed by atoms with Gasteiger partial charge in [-0.25, -0.2) is 9.97 Å². The van der Waals surface area contributed by atoms with Crippen molar-refractivity contribution in [3.63, 3.8) is 0 Å². The smallest absolute Gasteiger partial charge is 0.243 e. The molecule has 0 saturated carbocycles. The van der Waals surface area contributed by atoms with E-state index in [2.05, 4.69) is 0 Å². The van der Waals surface area contributed by atoms with Gasteiger partial charge in [0.25, 0.3) is 0 Å². The zero-order valence-electron chi connectivity index (χ0n) is 34.8. The quantitative estimate of drug-likeness (QED) is 0.128. The van der Waals surface area contributed by atoms with Gasteiger partial charge in [-0.3, -0.25) is 0 Å². The molecule has 6 nitrogen and oxygen atoms in total. The van der Waals surface area contributed by atoms with Crippen molar-refractivity contribution >= 4 is 11.1 Å². The number of fused-ring (bicyclic) bond motifs is 6. The Kier molecular flexibility index (Phi) is 10.8. The lowest BCUT2D eigenvalue weighted by molar-refractivity contribution is -0.138. The van der Waals surface area contributed by atoms with E-state index < -0.39 is 58.1 Å². The van der Waals surface area contributed by atoms with Crippen LogP contribution in [-0.2, 0) is 24.7 Å². The number of hydrogen-bond donors (Lipinski definition) is 0. The molecule has 1 aromatic heterocycles. The Balaban J connectivity index is 1.28. The van der Waals surface area contributed by atoms with Crippen molar-refractivity contribution in [3.8, 4) is 91.3 Å². The molecule has 0 amide bonds. The fourth-order valence-corrected chi connectivity index (χ4v) is 8.55. The third kappa shape index (κ3) is 7.85. The second-order valence-electron chi connectivity index (χ2n) is 15.8. The maximum atomic E-state index is 14.1. The molecule has 0 atom stereocenters. The SMILES string of the molecule is N#CC(C#N)=C1c2cc(-c3ccc(C(F)(F)F)cc3-c3cccc(C(F)(F)F)c3)ccc2-c2nc3c(nc21)-c1cc(-c2ccc(C(F)(F)F)cc2)c(-c2ccc(C(F)(F)F)cc2)cc1C3=C(C#N)C#N. The number of rotatable bonds is 4. The van der Waals surface area contributed by atoms with Gasteiger partial charge in [0.05, 0.1) is 33.6 Å². The molecule has 2 aliphatic carbocycles. The van der Waals surface area contributed by atoms with E-state index in [1.165, 1.54) is 36.4 Å². The molecule has 0 aliphatic heterocycles. The van der Waals surface area contributed by atoms with Crippen LogP contribution in [0.1, 0.15) is 44.8 Å². The highest BCUT2D eigenvalue weighted by Crippen LogP contribution is 2.53. The summed E-state index contributed by atoms with van der Waals surface area (Å²) in [5.74, 6) is 0. The molecule has 0 spiro atoms. The number of hydrogen-bond acceptors (Lipinski definition) is 6. The minimum atomic E-state index is -4.90. The predicted molar refractivity (Wildman–Crippen MR) is 229 cm³/mol. The van der Waals surface area contributed by atoms with Crippen molar-refractivity contribution in [3.05, 3.63) is 177 Å². The molecule has 6 aromatic carbocycles. The molecule has 7 aromatic rings. The molecule has 0 saturated heterocycles. The highest BCUT2D eigenvalue weighted by molar-refractivity contribution is 6.09. The number of aromatic nitrogens is 2. The van der Waals surface area contributed by atoms with Crippen LogP contribution in [0.5, 0.6) is 0 Å². The summed E-state index contributed by atoms with van der Waals surface area (Å²) >= 11 is 0. The Morgan fingerprint density at radius 3 is 1.16 bits per heavy atom. The van der Waals surface area contributed by atoms with E-state index in [4.69, 9.17) is 9.97 Å². The van der Waals surface area contributed by atoms with Crippen LogP contribution in [0.4, 0.5) is 52.7 Å². The second kappa shape index (κ2) is 16.4. The van der Waals surface area contributed by atoms with Crippen LogP contribution < -0.4 is 0 Å². The Bertz CT molecular complexity index is 3590. The summed E-state index contributed by atoms with van der Waals surface area (Å²) in [6, 6.07) is 28.4. The van der Waals surface area contributed by atoms with Gasteiger partial charge in [-0.2, -0.15) is 73.7 Å². The van der Waals surface area contributed by atoms with Gasteiger partial charge < -0.3 is 0 Å². The van der Waals surface area contributed by atoms with Crippen molar-refractivity contribution < 1.29 is 52.7 Å². The molecule has 0 bridgehead atoms. The largest absolute Gasteiger partial charge is 0.416 e. The molecule has 0 fully saturated rings. The zero-order valence-corrected chi connectivity index (χ0v) is 34.8. The van der Waals surface area contributed by atoms with Crippen LogP contribution >= 0.6 is 0 Å². The summed E-state index contributed by atoms with van der Waals surface area (Å²) < 4.78 is 166. The highest BCUT2D eigenvalue weighted by Gasteiger charge is 2.39. The summed E-state index contributed by atoms with van der Waals surface area (Å²) in [6.45, 7) is 0. The van der Waals surface area contributed by atoms with Gasteiger partial charge >= 0.3 is 24.7 Å². The van der Waals surface area contributed by atoms with Crippen LogP contribution in [0.25, 0.3) is 78.2 Å². The third-order valence-electron chi connectivity index (χ3n) is 11.7. The van der Waals surface area contributed by atoms with E-state index in [9.17, 15) is 73.7 Å². The molecule has 2 aliphatic rings. The van der Waals surface area contributed by atoms with Crippen molar-refractivity contribution in [2.24, 2.45) is 0 Å². The fraction of sp³-hybridized carbons (Fsp3) is 0.0769. The molecular formula is C52H20F12N6. The molecule has 342 valence electrons. The number of allylic oxidation sites excluding steroid dienone is 2. The van der Waals surface area contributed by atoms with E-state index in [1.54, 1.807) is 12.1 Å². The van der Waals surface area contributed by atoms with Crippen molar-refractivity contribution in [2.75, 3.05) is 0 Å². The highest BCUT2D eigenvalue weighted by atomic mass is 19.4. The second-order valence-corrected chi connectivity index (χ2v) is 15.8. The van der Waals surface area contributed by atoms with Gasteiger partial charge in [-0.15, -0.1) is 0 Å². The number of halogens is 12. The number of alkyl halides is 12. The molecular weight excluding hydrogens is 937 g/mol. The van der Waals surface area contributed by atoms with Gasteiger partial charge in [-0.1, -0.05) is 54.6 Å². The monoisotopic (exact) mass is 956 g/mol. The first kappa shape index (κ1) is 46.1. The normalized spacial score (nSPS) is 12.7. The predicted octanol–water partition coefficient (Wildman–Crippen LogP) is 14.9. The van der Waals surface area contributed by atoms with Crippen molar-refractivity contribution in [2.45, 2.75) is 24.7 Å². The number of nitrogens with zero attached hydrogens (tertiary/aromatic N) is 6. The summed E-state index contributed by atoms with van der Waals surface area (Å²) in [4.78, 5) is 9.72. The van der Waals surface area contributed by atoms with Gasteiger partial charge in [0.2, 0.25) is 0 Å². The first-order valence-electron chi connectivity index (χ1n) is 20.2. The van der Waals surface area contributed by atoms with E-state index in [0.717, 1.165) is 72.8 Å². The molecule has 9 rings (SSSR count). The summed E-state index contributed by atoms with van der Waals surface area (Å²) in [6.07, 6.45) is -19.2. The summed E-state index contributed by atoms with van der Waals surface area (Å²) in [5, 5.41) is 41.1. The van der Waals surface area contributed by atoms with Crippen LogP contribution in [-0.4, -0.2) is 9.97 Å². The lowest BCUT2D eigenvalue weighted by Gasteiger charge is -2.16. The van der Waals surface area contributed by atoms with Gasteiger partial charge in [-0.05, 0) is 122 Å². The maximum absolute atomic E-state index is 14.1. The zero-order chi connectivity index (χ0) is 50.2. The first-order valence-corrected chi connectivity index (χ1v) is 20.2. The van der Waals surface area contributed by atoms with Gasteiger partial charge in [0.15, 0.2) is 0 Å². The molecule has 0 radical (unpaired) electrons. The van der Waals surface area contributed by atoms with E-state index in [0.29, 0.717) is 12.1 Å². The van der Waals surface area contributed by atoms with Gasteiger partial charge in [0, 0.05) is 22.3 Å². The topological polar surface area (TPSA) is 121 Å². The minimum absolute atomic E-state index is 0.00437. The Morgan fingerprint density at radius 1 is 0.314 bits per heavy atom. The summed E-state index contributed by atoms with van der Waals surface area (Å²) in [5.41, 5.74) is -4.88. The Morgan fingerprint density at radius 2 is 0.686 bits per heavy atom. The van der Waals surface area contributed by atoms with E-state index >= 15 is 0 Å². The average molecular weight is 957 g/mol. The van der Waals surface area contributed by atoms with Crippen LogP contribution in [0.2, 0.25) is 0 Å². The van der Waals surface area contributed by atoms with Crippen molar-refractivity contribution in [1.29, 1.82) is 21.0 Å². The average Bonchev–Trinajstić information content (AvgIpc) is 3.80. The lowest BCUT2D eigenvalue weighted by atomic mass is 9.88. The molecule has 1 heterocycles. The number of benzene rings is 6. The molecule has 0 N–H and O–H groups in total.